The first-order valence-electron chi connectivity index (χ1n) is 35.4. The number of allylic oxidation sites excluding steroid dienone is 7. The van der Waals surface area contributed by atoms with Crippen molar-refractivity contribution in [1.82, 2.24) is 5.32 Å². The lowest BCUT2D eigenvalue weighted by atomic mass is 9.96. The third kappa shape index (κ3) is 34.1. The van der Waals surface area contributed by atoms with E-state index in [1.165, 1.54) is 167 Å². The molecule has 0 spiro atoms. The van der Waals surface area contributed by atoms with Crippen LogP contribution in [0.1, 0.15) is 258 Å². The van der Waals surface area contributed by atoms with Crippen molar-refractivity contribution in [3.8, 4) is 0 Å². The number of rotatable bonds is 54. The standard InChI is InChI=1S/C70H127NO18/c1-3-5-7-9-11-13-15-17-19-21-23-25-26-28-29-31-33-35-37-39-41-43-45-47-54(75)53(71-58(76)48-46-44-42-40-38-36-34-32-30-27-24-22-20-18-16-14-12-10-8-6-4-2)52-84-68-64(82)61(79)66(56(50-73)86-68)89-70-65(83)62(80)67(57(51-74)87-70)88-69-63(81)60(78)59(77)55(49-72)85-69/h22,24,29,31,37,39,45,47,53-57,59-70,72-75,77-83H,3-21,23,25-28,30,32-36,38,40-44,46,48-52H2,1-2H3,(H,71,76)/b24-22-,31-29+,39-37+,47-45+. The Morgan fingerprint density at radius 1 is 0.393 bits per heavy atom. The molecule has 1 amide bonds. The van der Waals surface area contributed by atoms with Crippen molar-refractivity contribution in [2.24, 2.45) is 0 Å². The Morgan fingerprint density at radius 3 is 1.12 bits per heavy atom. The van der Waals surface area contributed by atoms with E-state index in [2.05, 4.69) is 55.6 Å². The summed E-state index contributed by atoms with van der Waals surface area (Å²) < 4.78 is 34.3. The maximum Gasteiger partial charge on any atom is 0.220 e. The van der Waals surface area contributed by atoms with Crippen LogP contribution in [0, 0.1) is 0 Å². The van der Waals surface area contributed by atoms with E-state index in [0.717, 1.165) is 57.8 Å². The third-order valence-electron chi connectivity index (χ3n) is 17.6. The fraction of sp³-hybridized carbons (Fsp3) is 0.871. The highest BCUT2D eigenvalue weighted by atomic mass is 16.8. The van der Waals surface area contributed by atoms with Crippen LogP contribution in [-0.2, 0) is 33.2 Å². The molecule has 3 fully saturated rings. The first-order chi connectivity index (χ1) is 43.3. The Bertz CT molecular complexity index is 1800. The van der Waals surface area contributed by atoms with Gasteiger partial charge in [-0.1, -0.05) is 229 Å². The molecule has 12 N–H and O–H groups in total. The van der Waals surface area contributed by atoms with E-state index in [4.69, 9.17) is 28.4 Å². The summed E-state index contributed by atoms with van der Waals surface area (Å²) in [7, 11) is 0. The van der Waals surface area contributed by atoms with E-state index in [0.29, 0.717) is 12.8 Å². The highest BCUT2D eigenvalue weighted by molar-refractivity contribution is 5.76. The SMILES string of the molecule is CCCCCCCCCC/C=C\CCCCCCCCCCCC(=O)NC(COC1OC(CO)C(OC2OC(CO)C(OC3OC(CO)C(O)C(O)C3O)C(O)C2O)C(O)C1O)C(O)/C=C/CC/C=C/CC/C=C/CCCCCCCCCCCCCCC. The Morgan fingerprint density at radius 2 is 0.719 bits per heavy atom. The minimum Gasteiger partial charge on any atom is -0.394 e. The van der Waals surface area contributed by atoms with Crippen molar-refractivity contribution in [2.75, 3.05) is 26.4 Å². The van der Waals surface area contributed by atoms with Gasteiger partial charge in [0.15, 0.2) is 18.9 Å². The van der Waals surface area contributed by atoms with Crippen LogP contribution in [0.5, 0.6) is 0 Å². The largest absolute Gasteiger partial charge is 0.394 e. The zero-order valence-electron chi connectivity index (χ0n) is 54.9. The number of hydrogen-bond acceptors (Lipinski definition) is 18. The molecular weight excluding hydrogens is 1140 g/mol. The van der Waals surface area contributed by atoms with E-state index < -0.39 is 124 Å². The number of unbranched alkanes of at least 4 members (excludes halogenated alkanes) is 32. The van der Waals surface area contributed by atoms with Gasteiger partial charge in [0.25, 0.3) is 0 Å². The maximum absolute atomic E-state index is 13.4. The molecule has 0 aromatic heterocycles. The molecule has 3 rings (SSSR count). The van der Waals surface area contributed by atoms with Crippen LogP contribution >= 0.6 is 0 Å². The fourth-order valence-electron chi connectivity index (χ4n) is 11.8. The fourth-order valence-corrected chi connectivity index (χ4v) is 11.8. The average molecular weight is 1270 g/mol. The number of amides is 1. The molecule has 3 aliphatic rings. The summed E-state index contributed by atoms with van der Waals surface area (Å²) in [6, 6.07) is -0.999. The quantitative estimate of drug-likeness (QED) is 0.0199. The first-order valence-corrected chi connectivity index (χ1v) is 35.4. The van der Waals surface area contributed by atoms with Crippen molar-refractivity contribution >= 4 is 5.91 Å². The van der Waals surface area contributed by atoms with Crippen molar-refractivity contribution in [2.45, 2.75) is 362 Å². The van der Waals surface area contributed by atoms with Crippen LogP contribution in [0.25, 0.3) is 0 Å². The molecule has 0 radical (unpaired) electrons. The number of hydrogen-bond donors (Lipinski definition) is 12. The molecule has 0 aromatic carbocycles. The minimum atomic E-state index is -1.98. The average Bonchev–Trinajstić information content (AvgIpc) is 1.93. The molecule has 0 aromatic rings. The summed E-state index contributed by atoms with van der Waals surface area (Å²) in [6.45, 7) is 1.72. The lowest BCUT2D eigenvalue weighted by molar-refractivity contribution is -0.379. The number of carbonyl (C=O) groups excluding carboxylic acids is 1. The number of nitrogens with one attached hydrogen (secondary N) is 1. The van der Waals surface area contributed by atoms with Gasteiger partial charge in [-0.15, -0.1) is 0 Å². The zero-order valence-corrected chi connectivity index (χ0v) is 54.9. The molecule has 3 heterocycles. The summed E-state index contributed by atoms with van der Waals surface area (Å²) in [5.41, 5.74) is 0. The molecule has 520 valence electrons. The molecule has 19 nitrogen and oxygen atoms in total. The molecule has 17 unspecified atom stereocenters. The van der Waals surface area contributed by atoms with E-state index in [1.54, 1.807) is 6.08 Å². The van der Waals surface area contributed by atoms with E-state index >= 15 is 0 Å². The number of carbonyl (C=O) groups is 1. The topological polar surface area (TPSA) is 307 Å². The molecule has 0 aliphatic carbocycles. The predicted octanol–water partition coefficient (Wildman–Crippen LogP) is 9.39. The van der Waals surface area contributed by atoms with Gasteiger partial charge in [0.05, 0.1) is 38.6 Å². The number of ether oxygens (including phenoxy) is 6. The van der Waals surface area contributed by atoms with Crippen molar-refractivity contribution < 1.29 is 89.4 Å². The Hall–Kier alpha value is -2.25. The summed E-state index contributed by atoms with van der Waals surface area (Å²) in [4.78, 5) is 13.4. The molecule has 89 heavy (non-hydrogen) atoms. The number of aliphatic hydroxyl groups excluding tert-OH is 11. The van der Waals surface area contributed by atoms with Crippen molar-refractivity contribution in [3.05, 3.63) is 48.6 Å². The monoisotopic (exact) mass is 1270 g/mol. The highest BCUT2D eigenvalue weighted by Crippen LogP contribution is 2.33. The Labute approximate surface area is 535 Å². The van der Waals surface area contributed by atoms with Crippen LogP contribution < -0.4 is 5.32 Å². The summed E-state index contributed by atoms with van der Waals surface area (Å²) >= 11 is 0. The van der Waals surface area contributed by atoms with E-state index in [1.807, 2.05) is 6.08 Å². The summed E-state index contributed by atoms with van der Waals surface area (Å²) in [6.07, 6.45) is 35.2. The van der Waals surface area contributed by atoms with Gasteiger partial charge in [-0.3, -0.25) is 4.79 Å². The van der Waals surface area contributed by atoms with Crippen LogP contribution in [0.2, 0.25) is 0 Å². The van der Waals surface area contributed by atoms with Gasteiger partial charge < -0.3 is 89.9 Å². The highest BCUT2D eigenvalue weighted by Gasteiger charge is 2.53. The van der Waals surface area contributed by atoms with Crippen molar-refractivity contribution in [1.29, 1.82) is 0 Å². The first kappa shape index (κ1) is 81.0. The van der Waals surface area contributed by atoms with Gasteiger partial charge in [-0.2, -0.15) is 0 Å². The van der Waals surface area contributed by atoms with Gasteiger partial charge >= 0.3 is 0 Å². The molecule has 17 atom stereocenters. The number of aliphatic hydroxyl groups is 11. The summed E-state index contributed by atoms with van der Waals surface area (Å²) in [5.74, 6) is -0.290. The molecule has 3 aliphatic heterocycles. The third-order valence-corrected chi connectivity index (χ3v) is 17.6. The molecular formula is C70H127NO18. The second-order valence-corrected chi connectivity index (χ2v) is 25.3. The van der Waals surface area contributed by atoms with E-state index in [9.17, 15) is 61.0 Å². The van der Waals surface area contributed by atoms with Crippen LogP contribution in [-0.4, -0.2) is 193 Å². The van der Waals surface area contributed by atoms with Gasteiger partial charge in [0.1, 0.15) is 73.2 Å². The van der Waals surface area contributed by atoms with Gasteiger partial charge in [0.2, 0.25) is 5.91 Å². The van der Waals surface area contributed by atoms with Crippen LogP contribution in [0.15, 0.2) is 48.6 Å². The lowest BCUT2D eigenvalue weighted by Gasteiger charge is -2.48. The molecule has 0 bridgehead atoms. The summed E-state index contributed by atoms with van der Waals surface area (Å²) in [5, 5.41) is 121. The minimum absolute atomic E-state index is 0.230. The Kier molecular flexibility index (Phi) is 47.4. The maximum atomic E-state index is 13.4. The van der Waals surface area contributed by atoms with E-state index in [-0.39, 0.29) is 18.9 Å². The molecule has 0 saturated carbocycles. The predicted molar refractivity (Wildman–Crippen MR) is 346 cm³/mol. The Balaban J connectivity index is 1.46. The van der Waals surface area contributed by atoms with Gasteiger partial charge in [-0.05, 0) is 70.6 Å². The normalized spacial score (nSPS) is 28.5. The second kappa shape index (κ2) is 52.1. The van der Waals surface area contributed by atoms with Gasteiger partial charge in [-0.25, -0.2) is 0 Å². The van der Waals surface area contributed by atoms with Gasteiger partial charge in [0, 0.05) is 6.42 Å². The van der Waals surface area contributed by atoms with Crippen molar-refractivity contribution in [3.63, 3.8) is 0 Å². The van der Waals surface area contributed by atoms with Crippen LogP contribution in [0.4, 0.5) is 0 Å². The molecule has 19 heteroatoms. The van der Waals surface area contributed by atoms with Crippen LogP contribution in [0.3, 0.4) is 0 Å². The smallest absolute Gasteiger partial charge is 0.220 e. The molecule has 3 saturated heterocycles. The lowest BCUT2D eigenvalue weighted by Crippen LogP contribution is -2.66. The zero-order chi connectivity index (χ0) is 64.7. The second-order valence-electron chi connectivity index (χ2n) is 25.3.